The second-order valence-corrected chi connectivity index (χ2v) is 10.4. The number of nitrogens with zero attached hydrogens (tertiary/aromatic N) is 6. The van der Waals surface area contributed by atoms with E-state index in [-0.39, 0.29) is 11.2 Å². The Balaban J connectivity index is 1.26. The minimum absolute atomic E-state index is 0.280. The number of nitrogens with two attached hydrogens (primary N) is 1. The van der Waals surface area contributed by atoms with E-state index in [1.54, 1.807) is 24.8 Å². The van der Waals surface area contributed by atoms with Crippen molar-refractivity contribution in [2.24, 2.45) is 5.41 Å². The van der Waals surface area contributed by atoms with E-state index in [2.05, 4.69) is 19.9 Å². The Kier molecular flexibility index (Phi) is 5.60. The summed E-state index contributed by atoms with van der Waals surface area (Å²) in [5, 5.41) is 9.81. The Morgan fingerprint density at radius 2 is 1.97 bits per heavy atom. The smallest absolute Gasteiger partial charge is 0.450 e. The maximum Gasteiger partial charge on any atom is 0.506 e. The third-order valence-corrected chi connectivity index (χ3v) is 8.60. The molecule has 1 saturated heterocycles. The third kappa shape index (κ3) is 3.79. The average molecular weight is 524 g/mol. The molecule has 4 aromatic rings. The summed E-state index contributed by atoms with van der Waals surface area (Å²) in [7, 11) is 0. The standard InChI is InChI=1S/C24H22ClN7O3S/c25-18-16(3-7-28-20(18)26)36-17-13-30-22(32-11-8-29-21(17)32)31-9-4-24(5-10-31)12-15-14(2-1-6-27-15)19(24)35-23(33)34/h1-3,6-8,11,13,19H,4-5,9-10,12H2,(H2,26,28)(H,33,34). The zero-order chi connectivity index (χ0) is 24.9. The van der Waals surface area contributed by atoms with Gasteiger partial charge in [-0.2, -0.15) is 0 Å². The molecule has 0 radical (unpaired) electrons. The number of piperidine rings is 1. The highest BCUT2D eigenvalue weighted by Crippen LogP contribution is 2.53. The molecule has 3 N–H and O–H groups in total. The lowest BCUT2D eigenvalue weighted by molar-refractivity contribution is -0.0234. The average Bonchev–Trinajstić information content (AvgIpc) is 3.47. The fraction of sp³-hybridized carbons (Fsp3) is 0.292. The van der Waals surface area contributed by atoms with Gasteiger partial charge in [-0.25, -0.2) is 19.7 Å². The highest BCUT2D eigenvalue weighted by molar-refractivity contribution is 7.99. The van der Waals surface area contributed by atoms with Crippen LogP contribution in [-0.2, 0) is 11.2 Å². The van der Waals surface area contributed by atoms with Crippen molar-refractivity contribution in [3.63, 3.8) is 0 Å². The molecular formula is C24H22ClN7O3S. The highest BCUT2D eigenvalue weighted by atomic mass is 35.5. The lowest BCUT2D eigenvalue weighted by Gasteiger charge is -2.42. The summed E-state index contributed by atoms with van der Waals surface area (Å²) < 4.78 is 7.39. The highest BCUT2D eigenvalue weighted by Gasteiger charge is 2.51. The molecule has 12 heteroatoms. The van der Waals surface area contributed by atoms with Crippen LogP contribution in [0.2, 0.25) is 5.02 Å². The second kappa shape index (κ2) is 8.82. The van der Waals surface area contributed by atoms with Crippen molar-refractivity contribution < 1.29 is 14.6 Å². The molecule has 0 bridgehead atoms. The predicted octanol–water partition coefficient (Wildman–Crippen LogP) is 4.48. The van der Waals surface area contributed by atoms with Crippen molar-refractivity contribution in [1.29, 1.82) is 0 Å². The van der Waals surface area contributed by atoms with Crippen molar-refractivity contribution in [1.82, 2.24) is 24.3 Å². The van der Waals surface area contributed by atoms with Crippen molar-refractivity contribution >= 4 is 46.9 Å². The Bertz CT molecular complexity index is 1470. The third-order valence-electron chi connectivity index (χ3n) is 7.02. The van der Waals surface area contributed by atoms with Gasteiger partial charge in [-0.05, 0) is 31.4 Å². The molecule has 0 aromatic carbocycles. The Hall–Kier alpha value is -3.57. The van der Waals surface area contributed by atoms with E-state index in [1.807, 2.05) is 28.8 Å². The fourth-order valence-corrected chi connectivity index (χ4v) is 6.44. The lowest BCUT2D eigenvalue weighted by Crippen LogP contribution is -2.44. The van der Waals surface area contributed by atoms with Gasteiger partial charge in [0.2, 0.25) is 5.95 Å². The zero-order valence-electron chi connectivity index (χ0n) is 19.0. The number of anilines is 2. The van der Waals surface area contributed by atoms with Crippen LogP contribution in [0, 0.1) is 5.41 Å². The summed E-state index contributed by atoms with van der Waals surface area (Å²) in [6, 6.07) is 5.57. The van der Waals surface area contributed by atoms with Gasteiger partial charge in [0, 0.05) is 65.6 Å². The number of imidazole rings is 1. The molecule has 0 saturated carbocycles. The molecule has 5 heterocycles. The normalized spacial score (nSPS) is 18.5. The first-order valence-electron chi connectivity index (χ1n) is 11.4. The molecule has 1 aliphatic carbocycles. The lowest BCUT2D eigenvalue weighted by atomic mass is 9.74. The minimum Gasteiger partial charge on any atom is -0.450 e. The van der Waals surface area contributed by atoms with Crippen LogP contribution in [0.15, 0.2) is 59.0 Å². The van der Waals surface area contributed by atoms with Crippen molar-refractivity contribution in [2.45, 2.75) is 35.2 Å². The quantitative estimate of drug-likeness (QED) is 0.369. The summed E-state index contributed by atoms with van der Waals surface area (Å²) in [5.41, 5.74) is 8.11. The summed E-state index contributed by atoms with van der Waals surface area (Å²) in [5.74, 6) is 1.06. The van der Waals surface area contributed by atoms with Gasteiger partial charge in [-0.3, -0.25) is 9.38 Å². The summed E-state index contributed by atoms with van der Waals surface area (Å²) in [6.45, 7) is 1.40. The molecule has 10 nitrogen and oxygen atoms in total. The topological polar surface area (TPSA) is 132 Å². The van der Waals surface area contributed by atoms with Crippen molar-refractivity contribution in [3.8, 4) is 0 Å². The van der Waals surface area contributed by atoms with E-state index in [1.165, 1.54) is 11.8 Å². The molecule has 1 fully saturated rings. The first-order valence-corrected chi connectivity index (χ1v) is 12.6. The molecule has 184 valence electrons. The first kappa shape index (κ1) is 22.9. The number of fused-ring (bicyclic) bond motifs is 2. The fourth-order valence-electron chi connectivity index (χ4n) is 5.30. The number of carboxylic acid groups (broad SMARTS) is 1. The summed E-state index contributed by atoms with van der Waals surface area (Å²) >= 11 is 7.78. The summed E-state index contributed by atoms with van der Waals surface area (Å²) in [4.78, 5) is 33.2. The number of ether oxygens (including phenoxy) is 1. The molecule has 1 atom stereocenters. The second-order valence-electron chi connectivity index (χ2n) is 8.98. The van der Waals surface area contributed by atoms with Crippen LogP contribution in [0.5, 0.6) is 0 Å². The SMILES string of the molecule is Nc1nccc(Sc2cnc(N3CCC4(CC3)Cc3ncccc3C4OC(=O)O)n3ccnc23)c1Cl. The molecular weight excluding hydrogens is 502 g/mol. The summed E-state index contributed by atoms with van der Waals surface area (Å²) in [6.07, 6.45) is 9.23. The van der Waals surface area contributed by atoms with Crippen LogP contribution >= 0.6 is 23.4 Å². The van der Waals surface area contributed by atoms with Gasteiger partial charge in [-0.15, -0.1) is 0 Å². The van der Waals surface area contributed by atoms with Crippen LogP contribution in [0.25, 0.3) is 5.65 Å². The van der Waals surface area contributed by atoms with Crippen molar-refractivity contribution in [2.75, 3.05) is 23.7 Å². The number of carbonyl (C=O) groups is 1. The Morgan fingerprint density at radius 1 is 1.14 bits per heavy atom. The number of halogens is 1. The monoisotopic (exact) mass is 523 g/mol. The van der Waals surface area contributed by atoms with Crippen LogP contribution in [0.4, 0.5) is 16.6 Å². The molecule has 4 aromatic heterocycles. The number of pyridine rings is 2. The van der Waals surface area contributed by atoms with E-state index in [0.29, 0.717) is 24.5 Å². The molecule has 0 amide bonds. The van der Waals surface area contributed by atoms with E-state index >= 15 is 0 Å². The van der Waals surface area contributed by atoms with Crippen LogP contribution in [0.1, 0.15) is 30.2 Å². The van der Waals surface area contributed by atoms with Gasteiger partial charge in [0.05, 0.1) is 9.92 Å². The maximum absolute atomic E-state index is 11.5. The molecule has 1 spiro atoms. The number of nitrogen functional groups attached to an aromatic ring is 1. The van der Waals surface area contributed by atoms with Crippen molar-refractivity contribution in [3.05, 3.63) is 65.5 Å². The molecule has 1 aliphatic heterocycles. The van der Waals surface area contributed by atoms with Crippen LogP contribution in [-0.4, -0.2) is 48.7 Å². The van der Waals surface area contributed by atoms with E-state index < -0.39 is 12.3 Å². The molecule has 36 heavy (non-hydrogen) atoms. The number of hydrogen-bond acceptors (Lipinski definition) is 9. The predicted molar refractivity (Wildman–Crippen MR) is 134 cm³/mol. The van der Waals surface area contributed by atoms with Gasteiger partial charge in [-0.1, -0.05) is 29.4 Å². The number of aromatic nitrogens is 5. The minimum atomic E-state index is -1.26. The van der Waals surface area contributed by atoms with Gasteiger partial charge < -0.3 is 20.5 Å². The van der Waals surface area contributed by atoms with Gasteiger partial charge in [0.15, 0.2) is 5.65 Å². The number of rotatable bonds is 4. The molecule has 2 aliphatic rings. The molecule has 6 rings (SSSR count). The van der Waals surface area contributed by atoms with E-state index in [9.17, 15) is 9.90 Å². The molecule has 1 unspecified atom stereocenters. The van der Waals surface area contributed by atoms with Gasteiger partial charge in [0.25, 0.3) is 0 Å². The largest absolute Gasteiger partial charge is 0.506 e. The maximum atomic E-state index is 11.5. The van der Waals surface area contributed by atoms with Crippen LogP contribution < -0.4 is 10.6 Å². The van der Waals surface area contributed by atoms with E-state index in [4.69, 9.17) is 27.1 Å². The first-order chi connectivity index (χ1) is 17.4. The van der Waals surface area contributed by atoms with Gasteiger partial charge in [0.1, 0.15) is 11.9 Å². The zero-order valence-corrected chi connectivity index (χ0v) is 20.6. The van der Waals surface area contributed by atoms with E-state index in [0.717, 1.165) is 45.5 Å². The van der Waals surface area contributed by atoms with Crippen LogP contribution in [0.3, 0.4) is 0 Å². The number of hydrogen-bond donors (Lipinski definition) is 2. The van der Waals surface area contributed by atoms with Gasteiger partial charge >= 0.3 is 6.16 Å². The Labute approximate surface area is 215 Å². The Morgan fingerprint density at radius 3 is 2.78 bits per heavy atom.